The first kappa shape index (κ1) is 7.08. The number of hydrogen-bond donors (Lipinski definition) is 0. The molecule has 0 aromatic carbocycles. The van der Waals surface area contributed by atoms with Crippen molar-refractivity contribution in [3.8, 4) is 0 Å². The Morgan fingerprint density at radius 3 is 2.62 bits per heavy atom. The van der Waals surface area contributed by atoms with Crippen molar-refractivity contribution in [1.82, 2.24) is 0 Å². The van der Waals surface area contributed by atoms with Crippen molar-refractivity contribution in [2.45, 2.75) is 6.92 Å². The Labute approximate surface area is 49.6 Å². The summed E-state index contributed by atoms with van der Waals surface area (Å²) in [6.45, 7) is 5.54. The molecule has 0 aliphatic rings. The van der Waals surface area contributed by atoms with Gasteiger partial charge in [-0.2, -0.15) is 10.2 Å². The van der Waals surface area contributed by atoms with E-state index in [4.69, 9.17) is 0 Å². The minimum Gasteiger partial charge on any atom is -0.193 e. The van der Waals surface area contributed by atoms with Gasteiger partial charge >= 0.3 is 0 Å². The molecule has 0 heterocycles. The lowest BCUT2D eigenvalue weighted by Gasteiger charge is -1.77. The van der Waals surface area contributed by atoms with E-state index in [9.17, 15) is 0 Å². The maximum Gasteiger partial charge on any atom is 0.0493 e. The van der Waals surface area contributed by atoms with Gasteiger partial charge in [-0.25, -0.2) is 0 Å². The molecule has 8 heavy (non-hydrogen) atoms. The predicted molar refractivity (Wildman–Crippen MR) is 34.7 cm³/mol. The normalized spacial score (nSPS) is 11.2. The van der Waals surface area contributed by atoms with Gasteiger partial charge in [-0.15, -0.1) is 0 Å². The first-order valence-electron chi connectivity index (χ1n) is 2.38. The van der Waals surface area contributed by atoms with Crippen LogP contribution in [0.1, 0.15) is 6.92 Å². The Morgan fingerprint density at radius 1 is 1.62 bits per heavy atom. The largest absolute Gasteiger partial charge is 0.193 e. The second kappa shape index (κ2) is 4.24. The molecule has 2 nitrogen and oxygen atoms in total. The van der Waals surface area contributed by atoms with Crippen molar-refractivity contribution in [2.75, 3.05) is 7.05 Å². The van der Waals surface area contributed by atoms with E-state index in [1.165, 1.54) is 0 Å². The average Bonchev–Trinajstić information content (AvgIpc) is 1.66. The number of rotatable bonds is 2. The van der Waals surface area contributed by atoms with Crippen LogP contribution in [0.15, 0.2) is 34.7 Å². The molecule has 0 aromatic heterocycles. The van der Waals surface area contributed by atoms with E-state index in [0.717, 1.165) is 5.57 Å². The monoisotopic (exact) mass is 110 g/mol. The third-order valence-corrected chi connectivity index (χ3v) is 0.541. The Hall–Kier alpha value is -0.920. The molecular weight excluding hydrogens is 100 g/mol. The molecule has 0 rings (SSSR count). The third kappa shape index (κ3) is 5.08. The summed E-state index contributed by atoms with van der Waals surface area (Å²) < 4.78 is 0. The van der Waals surface area contributed by atoms with Crippen LogP contribution in [-0.2, 0) is 0 Å². The fraction of sp³-hybridized carbons (Fsp3) is 0.333. The standard InChI is InChI=1S/C6H10N2/c1-6(2)4-5-8-7-3/h4-5H,1H2,2-3H3/b5-4-,8-7-. The smallest absolute Gasteiger partial charge is 0.0493 e. The van der Waals surface area contributed by atoms with Crippen LogP contribution >= 0.6 is 0 Å². The summed E-state index contributed by atoms with van der Waals surface area (Å²) in [6.07, 6.45) is 3.41. The molecule has 0 aliphatic heterocycles. The summed E-state index contributed by atoms with van der Waals surface area (Å²) in [4.78, 5) is 0. The molecule has 0 bridgehead atoms. The zero-order chi connectivity index (χ0) is 6.41. The van der Waals surface area contributed by atoms with Gasteiger partial charge < -0.3 is 0 Å². The van der Waals surface area contributed by atoms with Crippen molar-refractivity contribution < 1.29 is 0 Å². The van der Waals surface area contributed by atoms with Gasteiger partial charge in [0.2, 0.25) is 0 Å². The fourth-order valence-corrected chi connectivity index (χ4v) is 0.227. The van der Waals surface area contributed by atoms with Gasteiger partial charge in [0.25, 0.3) is 0 Å². The molecule has 0 unspecified atom stereocenters. The van der Waals surface area contributed by atoms with Gasteiger partial charge in [-0.05, 0) is 13.0 Å². The van der Waals surface area contributed by atoms with E-state index in [1.54, 1.807) is 19.3 Å². The van der Waals surface area contributed by atoms with Crippen molar-refractivity contribution in [3.63, 3.8) is 0 Å². The molecule has 0 aliphatic carbocycles. The van der Waals surface area contributed by atoms with Gasteiger partial charge in [0.1, 0.15) is 0 Å². The van der Waals surface area contributed by atoms with Crippen molar-refractivity contribution in [3.05, 3.63) is 24.4 Å². The van der Waals surface area contributed by atoms with Gasteiger partial charge in [0, 0.05) is 13.2 Å². The van der Waals surface area contributed by atoms with E-state index in [2.05, 4.69) is 16.8 Å². The van der Waals surface area contributed by atoms with Crippen LogP contribution < -0.4 is 0 Å². The van der Waals surface area contributed by atoms with Crippen LogP contribution in [0, 0.1) is 0 Å². The molecule has 2 heteroatoms. The van der Waals surface area contributed by atoms with Gasteiger partial charge in [0.15, 0.2) is 0 Å². The van der Waals surface area contributed by atoms with E-state index in [0.29, 0.717) is 0 Å². The van der Waals surface area contributed by atoms with Gasteiger partial charge in [0.05, 0.1) is 0 Å². The Morgan fingerprint density at radius 2 is 2.25 bits per heavy atom. The highest BCUT2D eigenvalue weighted by atomic mass is 15.1. The third-order valence-electron chi connectivity index (χ3n) is 0.541. The SMILES string of the molecule is C=C(C)/C=C\N=N/C. The summed E-state index contributed by atoms with van der Waals surface area (Å²) in [5.41, 5.74) is 0.984. The van der Waals surface area contributed by atoms with E-state index in [-0.39, 0.29) is 0 Å². The molecule has 0 aromatic rings. The molecule has 44 valence electrons. The quantitative estimate of drug-likeness (QED) is 0.384. The number of azo groups is 1. The molecule has 0 amide bonds. The topological polar surface area (TPSA) is 24.7 Å². The Kier molecular flexibility index (Phi) is 3.76. The summed E-state index contributed by atoms with van der Waals surface area (Å²) in [7, 11) is 1.63. The molecule has 0 N–H and O–H groups in total. The van der Waals surface area contributed by atoms with Gasteiger partial charge in [-0.3, -0.25) is 0 Å². The van der Waals surface area contributed by atoms with E-state index in [1.807, 2.05) is 6.92 Å². The molecule has 0 spiro atoms. The van der Waals surface area contributed by atoms with Crippen LogP contribution in [0.25, 0.3) is 0 Å². The summed E-state index contributed by atoms with van der Waals surface area (Å²) >= 11 is 0. The molecule has 0 atom stereocenters. The summed E-state index contributed by atoms with van der Waals surface area (Å²) in [5, 5.41) is 7.10. The van der Waals surface area contributed by atoms with E-state index >= 15 is 0 Å². The fourth-order valence-electron chi connectivity index (χ4n) is 0.227. The Balaban J connectivity index is 3.50. The lowest BCUT2D eigenvalue weighted by molar-refractivity contribution is 1.16. The minimum absolute atomic E-state index is 0.984. The molecule has 0 saturated heterocycles. The predicted octanol–water partition coefficient (Wildman–Crippen LogP) is 2.16. The van der Waals surface area contributed by atoms with Crippen molar-refractivity contribution in [1.29, 1.82) is 0 Å². The van der Waals surface area contributed by atoms with Crippen molar-refractivity contribution in [2.24, 2.45) is 10.2 Å². The van der Waals surface area contributed by atoms with Crippen LogP contribution in [0.2, 0.25) is 0 Å². The molecule has 0 fully saturated rings. The zero-order valence-corrected chi connectivity index (χ0v) is 5.26. The van der Waals surface area contributed by atoms with Crippen LogP contribution in [-0.4, -0.2) is 7.05 Å². The molecule has 0 radical (unpaired) electrons. The highest BCUT2D eigenvalue weighted by molar-refractivity contribution is 5.09. The van der Waals surface area contributed by atoms with Gasteiger partial charge in [-0.1, -0.05) is 12.2 Å². The Bertz CT molecular complexity index is 122. The second-order valence-electron chi connectivity index (χ2n) is 1.48. The van der Waals surface area contributed by atoms with Crippen LogP contribution in [0.4, 0.5) is 0 Å². The highest BCUT2D eigenvalue weighted by Crippen LogP contribution is 1.88. The maximum absolute atomic E-state index is 3.64. The molecular formula is C6H10N2. The number of allylic oxidation sites excluding steroid dienone is 2. The van der Waals surface area contributed by atoms with Crippen LogP contribution in [0.3, 0.4) is 0 Å². The lowest BCUT2D eigenvalue weighted by Crippen LogP contribution is -1.57. The first-order chi connectivity index (χ1) is 3.77. The van der Waals surface area contributed by atoms with Crippen molar-refractivity contribution >= 4 is 0 Å². The highest BCUT2D eigenvalue weighted by Gasteiger charge is 1.67. The second-order valence-corrected chi connectivity index (χ2v) is 1.48. The first-order valence-corrected chi connectivity index (χ1v) is 2.38. The zero-order valence-electron chi connectivity index (χ0n) is 5.26. The summed E-state index contributed by atoms with van der Waals surface area (Å²) in [5.74, 6) is 0. The number of nitrogens with zero attached hydrogens (tertiary/aromatic N) is 2. The van der Waals surface area contributed by atoms with E-state index < -0.39 is 0 Å². The van der Waals surface area contributed by atoms with Crippen LogP contribution in [0.5, 0.6) is 0 Å². The number of hydrogen-bond acceptors (Lipinski definition) is 2. The summed E-state index contributed by atoms with van der Waals surface area (Å²) in [6, 6.07) is 0. The maximum atomic E-state index is 3.64. The lowest BCUT2D eigenvalue weighted by atomic mass is 10.3. The molecule has 0 saturated carbocycles. The minimum atomic E-state index is 0.984. The average molecular weight is 110 g/mol.